The Labute approximate surface area is 112 Å². The number of rotatable bonds is 4. The number of nitro groups is 1. The first kappa shape index (κ1) is 13.6. The Hall–Kier alpha value is -1.82. The largest absolute Gasteiger partial charge is 0.497 e. The summed E-state index contributed by atoms with van der Waals surface area (Å²) in [6.07, 6.45) is 0. The van der Waals surface area contributed by atoms with E-state index in [1.165, 1.54) is 0 Å². The van der Waals surface area contributed by atoms with E-state index in [1.54, 1.807) is 26.4 Å². The average Bonchev–Trinajstić information content (AvgIpc) is 2.80. The lowest BCUT2D eigenvalue weighted by Gasteiger charge is -2.17. The summed E-state index contributed by atoms with van der Waals surface area (Å²) in [4.78, 5) is 13.0. The highest BCUT2D eigenvalue weighted by atomic mass is 16.6. The first-order valence-corrected chi connectivity index (χ1v) is 6.10. The van der Waals surface area contributed by atoms with Gasteiger partial charge in [0.15, 0.2) is 0 Å². The van der Waals surface area contributed by atoms with Gasteiger partial charge < -0.3 is 9.47 Å². The highest BCUT2D eigenvalue weighted by molar-refractivity contribution is 5.43. The van der Waals surface area contributed by atoms with Crippen LogP contribution in [0, 0.1) is 10.1 Å². The van der Waals surface area contributed by atoms with E-state index in [1.807, 2.05) is 18.0 Å². The molecule has 6 heteroatoms. The summed E-state index contributed by atoms with van der Waals surface area (Å²) in [6, 6.07) is 4.82. The maximum Gasteiger partial charge on any atom is 0.233 e. The van der Waals surface area contributed by atoms with Crippen LogP contribution in [0.1, 0.15) is 11.5 Å². The van der Waals surface area contributed by atoms with Gasteiger partial charge in [-0.1, -0.05) is 0 Å². The lowest BCUT2D eigenvalue weighted by molar-refractivity contribution is -0.521. The van der Waals surface area contributed by atoms with Crippen molar-refractivity contribution in [1.29, 1.82) is 0 Å². The fourth-order valence-corrected chi connectivity index (χ4v) is 2.63. The molecule has 1 aromatic carbocycles. The first-order chi connectivity index (χ1) is 9.06. The molecule has 0 amide bonds. The highest BCUT2D eigenvalue weighted by Gasteiger charge is 2.41. The Morgan fingerprint density at radius 2 is 2.05 bits per heavy atom. The fourth-order valence-electron chi connectivity index (χ4n) is 2.63. The number of benzene rings is 1. The van der Waals surface area contributed by atoms with Crippen LogP contribution in [0.25, 0.3) is 0 Å². The SMILES string of the molecule is COc1ccc(OC)c(C2CN(C)CC2[N+](=O)[O-])c1. The molecule has 2 unspecified atom stereocenters. The smallest absolute Gasteiger partial charge is 0.233 e. The molecule has 1 aromatic rings. The molecule has 1 aliphatic rings. The van der Waals surface area contributed by atoms with E-state index in [0.29, 0.717) is 24.6 Å². The molecule has 1 aliphatic heterocycles. The van der Waals surface area contributed by atoms with Gasteiger partial charge in [0.2, 0.25) is 6.04 Å². The normalized spacial score (nSPS) is 23.3. The van der Waals surface area contributed by atoms with E-state index < -0.39 is 6.04 Å². The lowest BCUT2D eigenvalue weighted by atomic mass is 9.93. The fraction of sp³-hybridized carbons (Fsp3) is 0.538. The van der Waals surface area contributed by atoms with Gasteiger partial charge in [0.05, 0.1) is 26.7 Å². The molecule has 1 saturated heterocycles. The van der Waals surface area contributed by atoms with Gasteiger partial charge in [0.25, 0.3) is 0 Å². The van der Waals surface area contributed by atoms with Crippen LogP contribution in [0.3, 0.4) is 0 Å². The molecule has 104 valence electrons. The minimum Gasteiger partial charge on any atom is -0.497 e. The van der Waals surface area contributed by atoms with Crippen molar-refractivity contribution >= 4 is 0 Å². The van der Waals surface area contributed by atoms with Crippen molar-refractivity contribution in [1.82, 2.24) is 4.90 Å². The van der Waals surface area contributed by atoms with Crippen molar-refractivity contribution in [3.8, 4) is 11.5 Å². The molecule has 6 nitrogen and oxygen atoms in total. The summed E-state index contributed by atoms with van der Waals surface area (Å²) in [5, 5.41) is 11.2. The van der Waals surface area contributed by atoms with E-state index in [9.17, 15) is 10.1 Å². The molecule has 0 saturated carbocycles. The van der Waals surface area contributed by atoms with Gasteiger partial charge in [-0.15, -0.1) is 0 Å². The second-order valence-corrected chi connectivity index (χ2v) is 4.79. The summed E-state index contributed by atoms with van der Waals surface area (Å²) in [6.45, 7) is 1.10. The number of likely N-dealkylation sites (tertiary alicyclic amines) is 1. The number of likely N-dealkylation sites (N-methyl/N-ethyl adjacent to an activating group) is 1. The maximum absolute atomic E-state index is 11.2. The predicted molar refractivity (Wildman–Crippen MR) is 70.6 cm³/mol. The molecule has 0 bridgehead atoms. The molecule has 0 aliphatic carbocycles. The van der Waals surface area contributed by atoms with Crippen LogP contribution < -0.4 is 9.47 Å². The van der Waals surface area contributed by atoms with Gasteiger partial charge in [-0.05, 0) is 25.2 Å². The number of ether oxygens (including phenoxy) is 2. The number of hydrogen-bond donors (Lipinski definition) is 0. The van der Waals surface area contributed by atoms with Crippen LogP contribution in [0.4, 0.5) is 0 Å². The summed E-state index contributed by atoms with van der Waals surface area (Å²) >= 11 is 0. The molecule has 0 radical (unpaired) electrons. The van der Waals surface area contributed by atoms with E-state index in [0.717, 1.165) is 5.56 Å². The third-order valence-electron chi connectivity index (χ3n) is 3.58. The summed E-state index contributed by atoms with van der Waals surface area (Å²) in [5.41, 5.74) is 0.841. The standard InChI is InChI=1S/C13H18N2O4/c1-14-7-11(12(8-14)15(16)17)10-6-9(18-2)4-5-13(10)19-3/h4-6,11-12H,7-8H2,1-3H3. The molecule has 0 spiro atoms. The van der Waals surface area contributed by atoms with E-state index >= 15 is 0 Å². The zero-order valence-electron chi connectivity index (χ0n) is 11.3. The predicted octanol–water partition coefficient (Wildman–Crippen LogP) is 1.38. The van der Waals surface area contributed by atoms with Crippen molar-refractivity contribution in [2.45, 2.75) is 12.0 Å². The third-order valence-corrected chi connectivity index (χ3v) is 3.58. The Morgan fingerprint density at radius 3 is 2.63 bits per heavy atom. The number of hydrogen-bond acceptors (Lipinski definition) is 5. The monoisotopic (exact) mass is 266 g/mol. The molecule has 19 heavy (non-hydrogen) atoms. The van der Waals surface area contributed by atoms with Gasteiger partial charge in [0.1, 0.15) is 11.5 Å². The van der Waals surface area contributed by atoms with Crippen LogP contribution >= 0.6 is 0 Å². The molecular weight excluding hydrogens is 248 g/mol. The van der Waals surface area contributed by atoms with Crippen molar-refractivity contribution in [2.24, 2.45) is 0 Å². The minimum atomic E-state index is -0.606. The van der Waals surface area contributed by atoms with E-state index in [2.05, 4.69) is 0 Å². The molecule has 2 rings (SSSR count). The van der Waals surface area contributed by atoms with E-state index in [4.69, 9.17) is 9.47 Å². The first-order valence-electron chi connectivity index (χ1n) is 6.10. The molecular formula is C13H18N2O4. The van der Waals surface area contributed by atoms with Crippen LogP contribution in [-0.2, 0) is 0 Å². The average molecular weight is 266 g/mol. The van der Waals surface area contributed by atoms with Crippen molar-refractivity contribution in [3.05, 3.63) is 33.9 Å². The van der Waals surface area contributed by atoms with Gasteiger partial charge in [-0.2, -0.15) is 0 Å². The quantitative estimate of drug-likeness (QED) is 0.608. The second kappa shape index (κ2) is 5.44. The Morgan fingerprint density at radius 1 is 1.32 bits per heavy atom. The second-order valence-electron chi connectivity index (χ2n) is 4.79. The molecule has 1 fully saturated rings. The molecule has 0 aromatic heterocycles. The van der Waals surface area contributed by atoms with Gasteiger partial charge in [0, 0.05) is 17.0 Å². The van der Waals surface area contributed by atoms with Gasteiger partial charge in [-0.3, -0.25) is 15.0 Å². The van der Waals surface area contributed by atoms with Crippen LogP contribution in [0.5, 0.6) is 11.5 Å². The van der Waals surface area contributed by atoms with Gasteiger partial charge >= 0.3 is 0 Å². The van der Waals surface area contributed by atoms with E-state index in [-0.39, 0.29) is 10.8 Å². The zero-order chi connectivity index (χ0) is 14.0. The molecule has 0 N–H and O–H groups in total. The Bertz CT molecular complexity index is 478. The summed E-state index contributed by atoms with van der Waals surface area (Å²) in [7, 11) is 5.05. The van der Waals surface area contributed by atoms with Crippen LogP contribution in [0.2, 0.25) is 0 Å². The van der Waals surface area contributed by atoms with Crippen molar-refractivity contribution < 1.29 is 14.4 Å². The van der Waals surface area contributed by atoms with Crippen molar-refractivity contribution in [2.75, 3.05) is 34.4 Å². The van der Waals surface area contributed by atoms with Crippen LogP contribution in [0.15, 0.2) is 18.2 Å². The number of methoxy groups -OCH3 is 2. The topological polar surface area (TPSA) is 64.8 Å². The maximum atomic E-state index is 11.2. The Kier molecular flexibility index (Phi) is 3.90. The number of nitrogens with zero attached hydrogens (tertiary/aromatic N) is 2. The third kappa shape index (κ3) is 2.63. The summed E-state index contributed by atoms with van der Waals surface area (Å²) < 4.78 is 10.5. The zero-order valence-corrected chi connectivity index (χ0v) is 11.3. The molecule has 1 heterocycles. The molecule has 2 atom stereocenters. The van der Waals surface area contributed by atoms with Crippen molar-refractivity contribution in [3.63, 3.8) is 0 Å². The van der Waals surface area contributed by atoms with Crippen LogP contribution in [-0.4, -0.2) is 50.2 Å². The highest BCUT2D eigenvalue weighted by Crippen LogP contribution is 2.36. The lowest BCUT2D eigenvalue weighted by Crippen LogP contribution is -2.27. The minimum absolute atomic E-state index is 0.176. The van der Waals surface area contributed by atoms with Gasteiger partial charge in [-0.25, -0.2) is 0 Å². The Balaban J connectivity index is 2.41. The summed E-state index contributed by atoms with van der Waals surface area (Å²) in [5.74, 6) is 1.19.